The Morgan fingerprint density at radius 1 is 0.877 bits per heavy atom. The van der Waals surface area contributed by atoms with Gasteiger partial charge in [0.25, 0.3) is 0 Å². The first-order valence-electron chi connectivity index (χ1n) is 25.9. The van der Waals surface area contributed by atoms with E-state index in [-0.39, 0.29) is 97.2 Å². The maximum atomic E-state index is 15.4. The van der Waals surface area contributed by atoms with Crippen LogP contribution in [0.25, 0.3) is 11.0 Å². The quantitative estimate of drug-likeness (QED) is 0.0233. The predicted octanol–water partition coefficient (Wildman–Crippen LogP) is 8.86. The van der Waals surface area contributed by atoms with Gasteiger partial charge in [0.2, 0.25) is 0 Å². The summed E-state index contributed by atoms with van der Waals surface area (Å²) in [6.07, 6.45) is 7.83. The third-order valence-corrected chi connectivity index (χ3v) is 16.2. The number of esters is 2. The molecule has 380 valence electrons. The molecule has 5 aromatic rings. The number of hydrogen-bond donors (Lipinski definition) is 4. The van der Waals surface area contributed by atoms with Crippen molar-refractivity contribution in [2.45, 2.75) is 126 Å². The summed E-state index contributed by atoms with van der Waals surface area (Å²) in [4.78, 5) is 44.9. The van der Waals surface area contributed by atoms with Gasteiger partial charge in [-0.2, -0.15) is 0 Å². The van der Waals surface area contributed by atoms with Gasteiger partial charge in [-0.25, -0.2) is 9.59 Å². The van der Waals surface area contributed by atoms with Crippen molar-refractivity contribution in [2.24, 2.45) is 11.8 Å². The fraction of sp³-hybridized carbons (Fsp3) is 0.426. The molecule has 3 aliphatic heterocycles. The van der Waals surface area contributed by atoms with Crippen LogP contribution in [0.3, 0.4) is 0 Å². The van der Waals surface area contributed by atoms with Gasteiger partial charge in [0, 0.05) is 59.6 Å². The number of aryl methyl sites for hydroxylation is 1. The highest BCUT2D eigenvalue weighted by Crippen LogP contribution is 2.54. The van der Waals surface area contributed by atoms with Crippen LogP contribution in [0.2, 0.25) is 0 Å². The van der Waals surface area contributed by atoms with E-state index in [0.29, 0.717) is 35.8 Å². The summed E-state index contributed by atoms with van der Waals surface area (Å²) in [5, 5.41) is 41.6. The van der Waals surface area contributed by atoms with Crippen molar-refractivity contribution in [3.05, 3.63) is 169 Å². The summed E-state index contributed by atoms with van der Waals surface area (Å²) in [5.74, 6) is 4.69. The molecular formula is C61H64O12. The van der Waals surface area contributed by atoms with Crippen LogP contribution in [0.5, 0.6) is 5.75 Å². The number of aliphatic hydroxyl groups excluding tert-OH is 4. The molecule has 7 unspecified atom stereocenters. The van der Waals surface area contributed by atoms with Crippen LogP contribution < -0.4 is 10.4 Å². The molecule has 0 spiro atoms. The van der Waals surface area contributed by atoms with Crippen LogP contribution in [0.15, 0.2) is 117 Å². The van der Waals surface area contributed by atoms with E-state index in [0.717, 1.165) is 54.4 Å². The summed E-state index contributed by atoms with van der Waals surface area (Å²) in [5.41, 5.74) is 5.72. The molecule has 5 aliphatic rings. The highest BCUT2D eigenvalue weighted by molar-refractivity contribution is 5.90. The lowest BCUT2D eigenvalue weighted by Crippen LogP contribution is -2.60. The van der Waals surface area contributed by atoms with Gasteiger partial charge in [0.05, 0.1) is 31.8 Å². The van der Waals surface area contributed by atoms with Crippen LogP contribution >= 0.6 is 0 Å². The molecule has 1 fully saturated rings. The van der Waals surface area contributed by atoms with E-state index in [4.69, 9.17) is 23.4 Å². The lowest BCUT2D eigenvalue weighted by atomic mass is 9.71. The molecule has 12 nitrogen and oxygen atoms in total. The number of aliphatic hydroxyl groups is 4. The normalized spacial score (nSPS) is 25.0. The average molecular weight is 989 g/mol. The number of rotatable bonds is 12. The van der Waals surface area contributed by atoms with E-state index < -0.39 is 54.7 Å². The minimum atomic E-state index is -1.39. The van der Waals surface area contributed by atoms with Gasteiger partial charge < -0.3 is 43.8 Å². The van der Waals surface area contributed by atoms with E-state index in [9.17, 15) is 25.2 Å². The van der Waals surface area contributed by atoms with Crippen LogP contribution in [-0.4, -0.2) is 70.7 Å². The first-order chi connectivity index (χ1) is 35.6. The minimum absolute atomic E-state index is 0.00487. The topological polar surface area (TPSA) is 182 Å². The molecule has 4 heterocycles. The smallest absolute Gasteiger partial charge is 0.340 e. The van der Waals surface area contributed by atoms with Gasteiger partial charge in [0.1, 0.15) is 18.1 Å². The molecule has 7 atom stereocenters. The molecule has 0 amide bonds. The van der Waals surface area contributed by atoms with Crippen molar-refractivity contribution in [3.8, 4) is 17.6 Å². The zero-order valence-electron chi connectivity index (χ0n) is 41.4. The summed E-state index contributed by atoms with van der Waals surface area (Å²) < 4.78 is 32.7. The van der Waals surface area contributed by atoms with E-state index in [1.807, 2.05) is 18.2 Å². The number of hydrogen-bond acceptors (Lipinski definition) is 12. The maximum Gasteiger partial charge on any atom is 0.340 e. The highest BCUT2D eigenvalue weighted by atomic mass is 16.6. The minimum Gasteiger partial charge on any atom is -0.481 e. The molecule has 10 rings (SSSR count). The summed E-state index contributed by atoms with van der Waals surface area (Å²) in [7, 11) is 0. The second-order valence-electron chi connectivity index (χ2n) is 20.6. The largest absolute Gasteiger partial charge is 0.481 e. The van der Waals surface area contributed by atoms with Gasteiger partial charge in [-0.1, -0.05) is 110 Å². The van der Waals surface area contributed by atoms with E-state index in [1.165, 1.54) is 11.1 Å². The zero-order chi connectivity index (χ0) is 50.6. The zero-order valence-corrected chi connectivity index (χ0v) is 41.4. The van der Waals surface area contributed by atoms with Crippen molar-refractivity contribution in [2.75, 3.05) is 26.6 Å². The molecule has 2 aliphatic carbocycles. The van der Waals surface area contributed by atoms with E-state index in [1.54, 1.807) is 19.1 Å². The van der Waals surface area contributed by atoms with Crippen molar-refractivity contribution in [1.29, 1.82) is 0 Å². The monoisotopic (exact) mass is 988 g/mol. The van der Waals surface area contributed by atoms with Crippen molar-refractivity contribution < 1.29 is 53.4 Å². The van der Waals surface area contributed by atoms with Crippen LogP contribution in [0, 0.1) is 23.7 Å². The number of ether oxygens (including phenoxy) is 4. The lowest BCUT2D eigenvalue weighted by Gasteiger charge is -2.49. The van der Waals surface area contributed by atoms with E-state index in [2.05, 4.69) is 78.6 Å². The van der Waals surface area contributed by atoms with Gasteiger partial charge in [0.15, 0.2) is 17.8 Å². The van der Waals surface area contributed by atoms with Crippen LogP contribution in [-0.2, 0) is 49.7 Å². The van der Waals surface area contributed by atoms with Crippen LogP contribution in [0.1, 0.15) is 139 Å². The number of fused-ring (bicyclic) bond motifs is 9. The number of carbonyl (C=O) groups is 2. The Morgan fingerprint density at radius 3 is 2.48 bits per heavy atom. The number of benzene rings is 4. The maximum absolute atomic E-state index is 15.4. The molecule has 1 aromatic heterocycles. The first-order valence-corrected chi connectivity index (χ1v) is 25.9. The highest BCUT2D eigenvalue weighted by Gasteiger charge is 2.59. The summed E-state index contributed by atoms with van der Waals surface area (Å²) in [6.45, 7) is -0.346. The Bertz CT molecular complexity index is 3040. The predicted molar refractivity (Wildman–Crippen MR) is 274 cm³/mol. The third kappa shape index (κ3) is 10.1. The molecule has 73 heavy (non-hydrogen) atoms. The molecule has 4 N–H and O–H groups in total. The van der Waals surface area contributed by atoms with Crippen molar-refractivity contribution in [1.82, 2.24) is 0 Å². The second-order valence-corrected chi connectivity index (χ2v) is 20.6. The standard InChI is InChI=1S/C61H64O12/c1-37(33-63)47-20-17-39-18-21-48-43(29-39)13-7-8-26-61(46-15-5-6-16-46)58(72-59(47)67)57(55-52(73-61)24-23-50-51(34-64)54(60(68)71-56(50)55)44(25-27-62)35-69-36-65)70-53(66)32-45-31-42(19-22-49(45)48)41-14-9-12-40(30-41)28-38-10-3-2-4-11-38/h2-4,9-12,14,18-19,21-24,29-30,42,44-46,49,57-58,62-65H,5-6,13,15-17,20,25-28,31-36H2,1H3. The lowest BCUT2D eigenvalue weighted by molar-refractivity contribution is -0.201. The Morgan fingerprint density at radius 2 is 1.70 bits per heavy atom. The number of allylic oxidation sites excluding steroid dienone is 2. The van der Waals surface area contributed by atoms with E-state index >= 15 is 9.59 Å². The van der Waals surface area contributed by atoms with Crippen molar-refractivity contribution >= 4 is 22.9 Å². The SMILES string of the molecule is CC(CO)=C1CCc2ccc3c(c2)CC#CCC2(C4CCCC4)Oc4ccc5c(CO)c(C(CCO)COCO)c(=O)oc5c4C(OC(=O)CC4CC(c5cccc(Cc6ccccc6)c5)C=CC34)C2OC1=O. The second kappa shape index (κ2) is 22.0. The molecule has 0 saturated heterocycles. The molecule has 5 bridgehead atoms. The van der Waals surface area contributed by atoms with Gasteiger partial charge >= 0.3 is 17.6 Å². The van der Waals surface area contributed by atoms with Gasteiger partial charge in [-0.05, 0) is 114 Å². The Balaban J connectivity index is 1.17. The average Bonchev–Trinajstić information content (AvgIpc) is 3.96. The Labute approximate surface area is 425 Å². The summed E-state index contributed by atoms with van der Waals surface area (Å²) >= 11 is 0. The van der Waals surface area contributed by atoms with Crippen molar-refractivity contribution in [3.63, 3.8) is 0 Å². The summed E-state index contributed by atoms with van der Waals surface area (Å²) in [6, 6.07) is 28.9. The first kappa shape index (κ1) is 50.2. The molecular weight excluding hydrogens is 925 g/mol. The van der Waals surface area contributed by atoms with Gasteiger partial charge in [-0.3, -0.25) is 4.79 Å². The molecule has 0 radical (unpaired) electrons. The Kier molecular flexibility index (Phi) is 15.1. The molecule has 12 heteroatoms. The molecule has 1 saturated carbocycles. The number of carbonyl (C=O) groups excluding carboxylic acids is 2. The van der Waals surface area contributed by atoms with Gasteiger partial charge in [-0.15, -0.1) is 0 Å². The fourth-order valence-electron chi connectivity index (χ4n) is 12.6. The Hall–Kier alpha value is -6.33. The molecule has 4 aromatic carbocycles. The fourth-order valence-corrected chi connectivity index (χ4v) is 12.6. The van der Waals surface area contributed by atoms with Crippen LogP contribution in [0.4, 0.5) is 0 Å². The third-order valence-electron chi connectivity index (χ3n) is 16.2.